The zero-order valence-corrected chi connectivity index (χ0v) is 17.8. The maximum absolute atomic E-state index is 13.1. The molecule has 3 rings (SSSR count). The van der Waals surface area contributed by atoms with Crippen LogP contribution in [0.1, 0.15) is 38.3 Å². The minimum Gasteiger partial charge on any atom is -0.489 e. The van der Waals surface area contributed by atoms with Gasteiger partial charge in [-0.05, 0) is 55.2 Å². The Kier molecular flexibility index (Phi) is 6.57. The zero-order valence-electron chi connectivity index (χ0n) is 17.1. The van der Waals surface area contributed by atoms with Gasteiger partial charge in [0.1, 0.15) is 11.3 Å². The molecular formula is C23H23ClN2O4. The fraction of sp³-hybridized carbons (Fsp3) is 0.261. The second-order valence-electron chi connectivity index (χ2n) is 6.97. The van der Waals surface area contributed by atoms with E-state index in [-0.39, 0.29) is 11.7 Å². The lowest BCUT2D eigenvalue weighted by Gasteiger charge is -2.28. The van der Waals surface area contributed by atoms with Crippen LogP contribution in [0.25, 0.3) is 6.08 Å². The minimum absolute atomic E-state index is 0.00982. The topological polar surface area (TPSA) is 75.7 Å². The summed E-state index contributed by atoms with van der Waals surface area (Å²) in [5.41, 5.74) is 1.68. The van der Waals surface area contributed by atoms with Gasteiger partial charge in [0.2, 0.25) is 0 Å². The summed E-state index contributed by atoms with van der Waals surface area (Å²) in [6, 6.07) is 11.4. The average Bonchev–Trinajstić information content (AvgIpc) is 2.73. The highest BCUT2D eigenvalue weighted by atomic mass is 35.5. The third-order valence-electron chi connectivity index (χ3n) is 4.89. The Labute approximate surface area is 180 Å². The molecule has 2 aromatic carbocycles. The Balaban J connectivity index is 1.96. The van der Waals surface area contributed by atoms with Crippen LogP contribution in [0.15, 0.2) is 48.0 Å². The minimum atomic E-state index is -0.765. The van der Waals surface area contributed by atoms with E-state index in [1.54, 1.807) is 30.3 Å². The summed E-state index contributed by atoms with van der Waals surface area (Å²) in [5, 5.41) is 2.61. The molecule has 1 heterocycles. The van der Waals surface area contributed by atoms with Crippen molar-refractivity contribution in [3.63, 3.8) is 0 Å². The quantitative estimate of drug-likeness (QED) is 0.534. The number of hydrogen-bond donors (Lipinski definition) is 1. The van der Waals surface area contributed by atoms with Crippen LogP contribution in [0.4, 0.5) is 10.5 Å². The maximum atomic E-state index is 13.1. The van der Waals surface area contributed by atoms with Gasteiger partial charge in [-0.3, -0.25) is 14.9 Å². The summed E-state index contributed by atoms with van der Waals surface area (Å²) in [7, 11) is 0. The lowest BCUT2D eigenvalue weighted by molar-refractivity contribution is -0.122. The third kappa shape index (κ3) is 4.39. The maximum Gasteiger partial charge on any atom is 0.335 e. The van der Waals surface area contributed by atoms with Gasteiger partial charge in [0.15, 0.2) is 0 Å². The highest BCUT2D eigenvalue weighted by Crippen LogP contribution is 2.29. The number of rotatable bonds is 6. The molecule has 0 unspecified atom stereocenters. The number of aryl methyl sites for hydroxylation is 1. The van der Waals surface area contributed by atoms with Crippen molar-refractivity contribution >= 4 is 41.2 Å². The van der Waals surface area contributed by atoms with E-state index >= 15 is 0 Å². The van der Waals surface area contributed by atoms with E-state index in [0.29, 0.717) is 28.4 Å². The first-order chi connectivity index (χ1) is 14.3. The van der Waals surface area contributed by atoms with Crippen LogP contribution >= 0.6 is 11.6 Å². The molecule has 1 saturated heterocycles. The van der Waals surface area contributed by atoms with Gasteiger partial charge in [-0.25, -0.2) is 9.69 Å². The SMILES string of the molecule is CCc1ccccc1N1C(=O)NC(=O)/C(=C\c2ccc(O[C@@H](C)CC)c(Cl)c2)C1=O. The molecular weight excluding hydrogens is 404 g/mol. The van der Waals surface area contributed by atoms with E-state index < -0.39 is 17.8 Å². The molecule has 2 aromatic rings. The number of amides is 4. The molecule has 6 nitrogen and oxygen atoms in total. The van der Waals surface area contributed by atoms with Crippen LogP contribution in [0.5, 0.6) is 5.75 Å². The zero-order chi connectivity index (χ0) is 21.8. The van der Waals surface area contributed by atoms with Gasteiger partial charge in [-0.2, -0.15) is 0 Å². The smallest absolute Gasteiger partial charge is 0.335 e. The van der Waals surface area contributed by atoms with Crippen LogP contribution in [-0.4, -0.2) is 23.9 Å². The Morgan fingerprint density at radius 3 is 2.53 bits per heavy atom. The third-order valence-corrected chi connectivity index (χ3v) is 5.18. The van der Waals surface area contributed by atoms with Gasteiger partial charge in [0.05, 0.1) is 16.8 Å². The van der Waals surface area contributed by atoms with Gasteiger partial charge in [0, 0.05) is 0 Å². The molecule has 1 aliphatic heterocycles. The van der Waals surface area contributed by atoms with Gasteiger partial charge < -0.3 is 4.74 Å². The van der Waals surface area contributed by atoms with E-state index in [1.165, 1.54) is 6.08 Å². The number of benzene rings is 2. The number of hydrogen-bond acceptors (Lipinski definition) is 4. The second-order valence-corrected chi connectivity index (χ2v) is 7.37. The van der Waals surface area contributed by atoms with E-state index in [0.717, 1.165) is 16.9 Å². The van der Waals surface area contributed by atoms with Crippen molar-refractivity contribution in [2.75, 3.05) is 4.90 Å². The van der Waals surface area contributed by atoms with Gasteiger partial charge in [-0.15, -0.1) is 0 Å². The number of anilines is 1. The number of halogens is 1. The molecule has 4 amide bonds. The van der Waals surface area contributed by atoms with E-state index in [1.807, 2.05) is 32.9 Å². The number of carbonyl (C=O) groups excluding carboxylic acids is 3. The molecule has 0 aromatic heterocycles. The summed E-state index contributed by atoms with van der Waals surface area (Å²) in [5.74, 6) is -0.895. The van der Waals surface area contributed by atoms with Crippen molar-refractivity contribution in [3.8, 4) is 5.75 Å². The first-order valence-electron chi connectivity index (χ1n) is 9.81. The lowest BCUT2D eigenvalue weighted by Crippen LogP contribution is -2.54. The van der Waals surface area contributed by atoms with E-state index in [2.05, 4.69) is 5.32 Å². The fourth-order valence-electron chi connectivity index (χ4n) is 3.07. The molecule has 0 spiro atoms. The molecule has 30 heavy (non-hydrogen) atoms. The predicted molar refractivity (Wildman–Crippen MR) is 117 cm³/mol. The average molecular weight is 427 g/mol. The number of ether oxygens (including phenoxy) is 1. The largest absolute Gasteiger partial charge is 0.489 e. The first-order valence-corrected chi connectivity index (χ1v) is 10.2. The summed E-state index contributed by atoms with van der Waals surface area (Å²) in [6.45, 7) is 5.88. The Morgan fingerprint density at radius 1 is 1.13 bits per heavy atom. The molecule has 0 saturated carbocycles. The second kappa shape index (κ2) is 9.13. The number of carbonyl (C=O) groups is 3. The highest BCUT2D eigenvalue weighted by Gasteiger charge is 2.37. The van der Waals surface area contributed by atoms with Crippen LogP contribution in [0.2, 0.25) is 5.02 Å². The summed E-state index contributed by atoms with van der Waals surface area (Å²) < 4.78 is 5.74. The molecule has 156 valence electrons. The molecule has 1 atom stereocenters. The molecule has 0 bridgehead atoms. The van der Waals surface area contributed by atoms with Gasteiger partial charge in [-0.1, -0.05) is 49.7 Å². The number of urea groups is 1. The number of nitrogens with zero attached hydrogens (tertiary/aromatic N) is 1. The number of para-hydroxylation sites is 1. The van der Waals surface area contributed by atoms with Crippen molar-refractivity contribution in [2.45, 2.75) is 39.7 Å². The lowest BCUT2D eigenvalue weighted by atomic mass is 10.0. The molecule has 1 fully saturated rings. The number of barbiturate groups is 1. The van der Waals surface area contributed by atoms with Crippen LogP contribution in [0, 0.1) is 0 Å². The predicted octanol–water partition coefficient (Wildman–Crippen LogP) is 4.75. The van der Waals surface area contributed by atoms with Gasteiger partial charge in [0.25, 0.3) is 11.8 Å². The monoisotopic (exact) mass is 426 g/mol. The Bertz CT molecular complexity index is 1030. The van der Waals surface area contributed by atoms with Crippen LogP contribution in [-0.2, 0) is 16.0 Å². The van der Waals surface area contributed by atoms with E-state index in [9.17, 15) is 14.4 Å². The number of nitrogens with one attached hydrogen (secondary N) is 1. The summed E-state index contributed by atoms with van der Waals surface area (Å²) in [4.78, 5) is 38.9. The van der Waals surface area contributed by atoms with Crippen molar-refractivity contribution in [1.29, 1.82) is 0 Å². The standard InChI is InChI=1S/C23H23ClN2O4/c1-4-14(3)30-20-11-10-15(13-18(20)24)12-17-21(27)25-23(29)26(22(17)28)19-9-7-6-8-16(19)5-2/h6-14H,4-5H2,1-3H3,(H,25,27,29)/b17-12+/t14-/m0/s1. The first kappa shape index (κ1) is 21.6. The van der Waals surface area contributed by atoms with Crippen molar-refractivity contribution in [2.24, 2.45) is 0 Å². The molecule has 7 heteroatoms. The summed E-state index contributed by atoms with van der Waals surface area (Å²) in [6.07, 6.45) is 2.90. The van der Waals surface area contributed by atoms with Crippen molar-refractivity contribution < 1.29 is 19.1 Å². The molecule has 1 N–H and O–H groups in total. The van der Waals surface area contributed by atoms with Crippen molar-refractivity contribution in [3.05, 3.63) is 64.2 Å². The van der Waals surface area contributed by atoms with E-state index in [4.69, 9.17) is 16.3 Å². The van der Waals surface area contributed by atoms with Crippen molar-refractivity contribution in [1.82, 2.24) is 5.32 Å². The fourth-order valence-corrected chi connectivity index (χ4v) is 3.31. The van der Waals surface area contributed by atoms with Gasteiger partial charge >= 0.3 is 6.03 Å². The Morgan fingerprint density at radius 2 is 1.87 bits per heavy atom. The normalized spacial score (nSPS) is 16.6. The highest BCUT2D eigenvalue weighted by molar-refractivity contribution is 6.39. The number of imide groups is 2. The molecule has 0 radical (unpaired) electrons. The van der Waals surface area contributed by atoms with Crippen LogP contribution < -0.4 is 15.0 Å². The molecule has 0 aliphatic carbocycles. The van der Waals surface area contributed by atoms with Crippen LogP contribution in [0.3, 0.4) is 0 Å². The molecule has 1 aliphatic rings. The summed E-state index contributed by atoms with van der Waals surface area (Å²) >= 11 is 6.30. The Hall–Kier alpha value is -3.12.